The first-order valence-electron chi connectivity index (χ1n) is 7.92. The number of halogens is 2. The summed E-state index contributed by atoms with van der Waals surface area (Å²) in [4.78, 5) is 38.1. The van der Waals surface area contributed by atoms with Crippen molar-refractivity contribution in [1.82, 2.24) is 10.9 Å². The molecule has 1 fully saturated rings. The number of hydrogen-bond acceptors (Lipinski definition) is 5. The molecule has 3 amide bonds. The lowest BCUT2D eigenvalue weighted by molar-refractivity contribution is -0.121. The summed E-state index contributed by atoms with van der Waals surface area (Å²) in [5.74, 6) is -0.802. The highest BCUT2D eigenvalue weighted by molar-refractivity contribution is 6.35. The van der Waals surface area contributed by atoms with Crippen LogP contribution >= 0.6 is 23.2 Å². The zero-order valence-electron chi connectivity index (χ0n) is 14.2. The van der Waals surface area contributed by atoms with Gasteiger partial charge in [-0.15, -0.1) is 0 Å². The Morgan fingerprint density at radius 3 is 2.52 bits per heavy atom. The Kier molecular flexibility index (Phi) is 5.65. The SMILES string of the molecule is COc1ccc(N2C(=O)C[C@H](NNC(=O)c3cc(Cl)ccc3Cl)C2=O)cc1. The number of anilines is 1. The lowest BCUT2D eigenvalue weighted by Gasteiger charge is -2.16. The van der Waals surface area contributed by atoms with Gasteiger partial charge in [0, 0.05) is 5.02 Å². The van der Waals surface area contributed by atoms with Gasteiger partial charge in [-0.05, 0) is 42.5 Å². The van der Waals surface area contributed by atoms with Gasteiger partial charge in [-0.2, -0.15) is 0 Å². The van der Waals surface area contributed by atoms with Crippen molar-refractivity contribution in [2.45, 2.75) is 12.5 Å². The Morgan fingerprint density at radius 2 is 1.85 bits per heavy atom. The van der Waals surface area contributed by atoms with Crippen LogP contribution in [0.15, 0.2) is 42.5 Å². The number of carbonyl (C=O) groups is 3. The maximum absolute atomic E-state index is 12.6. The quantitative estimate of drug-likeness (QED) is 0.587. The van der Waals surface area contributed by atoms with Crippen LogP contribution in [0.25, 0.3) is 0 Å². The number of nitrogens with one attached hydrogen (secondary N) is 2. The molecule has 2 N–H and O–H groups in total. The van der Waals surface area contributed by atoms with E-state index in [4.69, 9.17) is 27.9 Å². The maximum Gasteiger partial charge on any atom is 0.266 e. The van der Waals surface area contributed by atoms with Crippen molar-refractivity contribution in [2.24, 2.45) is 0 Å². The fraction of sp³-hybridized carbons (Fsp3) is 0.167. The molecule has 2 aromatic rings. The third kappa shape index (κ3) is 4.05. The molecule has 9 heteroatoms. The summed E-state index contributed by atoms with van der Waals surface area (Å²) in [5, 5.41) is 0.565. The minimum absolute atomic E-state index is 0.0889. The Hall–Kier alpha value is -2.61. The lowest BCUT2D eigenvalue weighted by Crippen LogP contribution is -2.48. The number of nitrogens with zero attached hydrogens (tertiary/aromatic N) is 1. The molecule has 1 aliphatic heterocycles. The van der Waals surface area contributed by atoms with Crippen molar-refractivity contribution < 1.29 is 19.1 Å². The van der Waals surface area contributed by atoms with E-state index >= 15 is 0 Å². The highest BCUT2D eigenvalue weighted by atomic mass is 35.5. The summed E-state index contributed by atoms with van der Waals surface area (Å²) in [6.07, 6.45) is -0.0889. The molecule has 27 heavy (non-hydrogen) atoms. The molecule has 1 saturated heterocycles. The molecule has 0 saturated carbocycles. The highest BCUT2D eigenvalue weighted by Gasteiger charge is 2.39. The van der Waals surface area contributed by atoms with Crippen molar-refractivity contribution in [3.05, 3.63) is 58.1 Å². The lowest BCUT2D eigenvalue weighted by atomic mass is 10.2. The van der Waals surface area contributed by atoms with Crippen molar-refractivity contribution in [3.8, 4) is 5.75 Å². The number of imide groups is 1. The van der Waals surface area contributed by atoms with Gasteiger partial charge in [0.1, 0.15) is 11.8 Å². The second-order valence-corrected chi connectivity index (χ2v) is 6.59. The summed E-state index contributed by atoms with van der Waals surface area (Å²) < 4.78 is 5.06. The molecule has 7 nitrogen and oxygen atoms in total. The topological polar surface area (TPSA) is 87.7 Å². The minimum Gasteiger partial charge on any atom is -0.497 e. The first-order chi connectivity index (χ1) is 12.9. The standard InChI is InChI=1S/C18H15Cl2N3O4/c1-27-12-5-3-11(4-6-12)23-16(24)9-15(18(23)26)21-22-17(25)13-8-10(19)2-7-14(13)20/h2-8,15,21H,9H2,1H3,(H,22,25)/t15-/m0/s1. The number of hydrazine groups is 1. The van der Waals surface area contributed by atoms with Gasteiger partial charge in [0.25, 0.3) is 11.8 Å². The molecule has 0 unspecified atom stereocenters. The fourth-order valence-electron chi connectivity index (χ4n) is 2.64. The average Bonchev–Trinajstić information content (AvgIpc) is 2.95. The van der Waals surface area contributed by atoms with Crippen LogP contribution in [-0.4, -0.2) is 30.9 Å². The van der Waals surface area contributed by atoms with E-state index in [0.717, 1.165) is 4.90 Å². The number of hydrogen-bond donors (Lipinski definition) is 2. The number of methoxy groups -OCH3 is 1. The molecular formula is C18H15Cl2N3O4. The van der Waals surface area contributed by atoms with E-state index < -0.39 is 17.9 Å². The van der Waals surface area contributed by atoms with Gasteiger partial charge in [-0.1, -0.05) is 23.2 Å². The Morgan fingerprint density at radius 1 is 1.15 bits per heavy atom. The summed E-state index contributed by atoms with van der Waals surface area (Å²) in [5.41, 5.74) is 5.57. The smallest absolute Gasteiger partial charge is 0.266 e. The van der Waals surface area contributed by atoms with Crippen LogP contribution in [0.3, 0.4) is 0 Å². The van der Waals surface area contributed by atoms with Gasteiger partial charge in [-0.25, -0.2) is 10.3 Å². The first-order valence-corrected chi connectivity index (χ1v) is 8.68. The van der Waals surface area contributed by atoms with E-state index in [1.165, 1.54) is 19.2 Å². The molecule has 0 spiro atoms. The van der Waals surface area contributed by atoms with Crippen molar-refractivity contribution in [3.63, 3.8) is 0 Å². The van der Waals surface area contributed by atoms with Gasteiger partial charge in [0.2, 0.25) is 5.91 Å². The number of amides is 3. The van der Waals surface area contributed by atoms with E-state index in [2.05, 4.69) is 10.9 Å². The van der Waals surface area contributed by atoms with Gasteiger partial charge in [0.15, 0.2) is 0 Å². The third-order valence-electron chi connectivity index (χ3n) is 4.01. The number of carbonyl (C=O) groups excluding carboxylic acids is 3. The second-order valence-electron chi connectivity index (χ2n) is 5.74. The first kappa shape index (κ1) is 19.2. The summed E-state index contributed by atoms with van der Waals surface area (Å²) in [6, 6.07) is 10.1. The molecular weight excluding hydrogens is 393 g/mol. The molecule has 1 atom stereocenters. The molecule has 0 radical (unpaired) electrons. The van der Waals surface area contributed by atoms with Crippen LogP contribution < -0.4 is 20.5 Å². The normalized spacial score (nSPS) is 16.6. The summed E-state index contributed by atoms with van der Waals surface area (Å²) in [6.45, 7) is 0. The van der Waals surface area contributed by atoms with E-state index in [1.54, 1.807) is 30.3 Å². The van der Waals surface area contributed by atoms with Crippen molar-refractivity contribution in [1.29, 1.82) is 0 Å². The van der Waals surface area contributed by atoms with Crippen molar-refractivity contribution >= 4 is 46.6 Å². The second kappa shape index (κ2) is 7.96. The molecule has 0 aromatic heterocycles. The summed E-state index contributed by atoms with van der Waals surface area (Å²) >= 11 is 11.8. The molecule has 0 aliphatic carbocycles. The zero-order valence-corrected chi connectivity index (χ0v) is 15.7. The van der Waals surface area contributed by atoms with E-state index in [1.807, 2.05) is 0 Å². The van der Waals surface area contributed by atoms with E-state index in [-0.39, 0.29) is 22.9 Å². The molecule has 1 heterocycles. The molecule has 2 aromatic carbocycles. The third-order valence-corrected chi connectivity index (χ3v) is 4.57. The van der Waals surface area contributed by atoms with E-state index in [9.17, 15) is 14.4 Å². The van der Waals surface area contributed by atoms with Gasteiger partial charge in [0.05, 0.1) is 29.8 Å². The van der Waals surface area contributed by atoms with Crippen LogP contribution in [0.1, 0.15) is 16.8 Å². The fourth-order valence-corrected chi connectivity index (χ4v) is 3.01. The molecule has 0 bridgehead atoms. The van der Waals surface area contributed by atoms with Gasteiger partial charge in [-0.3, -0.25) is 19.8 Å². The maximum atomic E-state index is 12.6. The Bertz CT molecular complexity index is 902. The predicted molar refractivity (Wildman–Crippen MR) is 101 cm³/mol. The molecule has 3 rings (SSSR count). The van der Waals surface area contributed by atoms with Crippen LogP contribution in [0.5, 0.6) is 5.75 Å². The van der Waals surface area contributed by atoms with Gasteiger partial charge < -0.3 is 4.74 Å². The predicted octanol–water partition coefficient (Wildman–Crippen LogP) is 2.57. The minimum atomic E-state index is -0.887. The molecule has 140 valence electrons. The number of rotatable bonds is 5. The largest absolute Gasteiger partial charge is 0.497 e. The monoisotopic (exact) mass is 407 g/mol. The Labute approximate surface area is 165 Å². The number of ether oxygens (including phenoxy) is 1. The van der Waals surface area contributed by atoms with Crippen LogP contribution in [0, 0.1) is 0 Å². The number of benzene rings is 2. The van der Waals surface area contributed by atoms with Crippen LogP contribution in [-0.2, 0) is 9.59 Å². The Balaban J connectivity index is 1.68. The van der Waals surface area contributed by atoms with Gasteiger partial charge >= 0.3 is 0 Å². The molecule has 1 aliphatic rings. The highest BCUT2D eigenvalue weighted by Crippen LogP contribution is 2.25. The zero-order chi connectivity index (χ0) is 19.6. The van der Waals surface area contributed by atoms with Crippen LogP contribution in [0.2, 0.25) is 10.0 Å². The van der Waals surface area contributed by atoms with Crippen molar-refractivity contribution in [2.75, 3.05) is 12.0 Å². The average molecular weight is 408 g/mol. The van der Waals surface area contributed by atoms with E-state index in [0.29, 0.717) is 16.5 Å². The van der Waals surface area contributed by atoms with Crippen LogP contribution in [0.4, 0.5) is 5.69 Å². The summed E-state index contributed by atoms with van der Waals surface area (Å²) in [7, 11) is 1.52.